The molecule has 0 spiro atoms. The number of hydrogen-bond donors (Lipinski definition) is 1. The first kappa shape index (κ1) is 17.8. The third kappa shape index (κ3) is 2.66. The fraction of sp³-hybridized carbons (Fsp3) is 0.100. The van der Waals surface area contributed by atoms with E-state index in [1.54, 1.807) is 12.1 Å². The molecule has 0 radical (unpaired) electrons. The first-order valence-electron chi connectivity index (χ1n) is 7.79. The first-order chi connectivity index (χ1) is 12.4. The van der Waals surface area contributed by atoms with Crippen LogP contribution in [0.15, 0.2) is 46.8 Å². The van der Waals surface area contributed by atoms with Crippen LogP contribution in [0.3, 0.4) is 0 Å². The number of aromatic nitrogens is 1. The summed E-state index contributed by atoms with van der Waals surface area (Å²) in [7, 11) is 1.53. The number of aliphatic carboxylic acids is 1. The number of halogens is 1. The van der Waals surface area contributed by atoms with Gasteiger partial charge in [-0.2, -0.15) is 0 Å². The van der Waals surface area contributed by atoms with Crippen LogP contribution < -0.4 is 5.56 Å². The van der Waals surface area contributed by atoms with Gasteiger partial charge in [-0.05, 0) is 11.6 Å². The molecule has 0 amide bonds. The zero-order valence-corrected chi connectivity index (χ0v) is 14.8. The van der Waals surface area contributed by atoms with Gasteiger partial charge in [0, 0.05) is 34.8 Å². The number of carbonyl (C=O) groups is 1. The third-order valence-corrected chi connectivity index (χ3v) is 4.72. The summed E-state index contributed by atoms with van der Waals surface area (Å²) >= 11 is 6.55. The highest BCUT2D eigenvalue weighted by Gasteiger charge is 2.23. The van der Waals surface area contributed by atoms with Crippen LogP contribution in [0.5, 0.6) is 0 Å². The van der Waals surface area contributed by atoms with Crippen molar-refractivity contribution < 1.29 is 14.3 Å². The van der Waals surface area contributed by atoms with Crippen LogP contribution in [0.1, 0.15) is 16.8 Å². The molecule has 26 heavy (non-hydrogen) atoms. The van der Waals surface area contributed by atoms with Gasteiger partial charge >= 0.3 is 5.97 Å². The molecule has 0 aliphatic carbocycles. The molecule has 0 bridgehead atoms. The lowest BCUT2D eigenvalue weighted by atomic mass is 9.92. The summed E-state index contributed by atoms with van der Waals surface area (Å²) < 4.78 is 6.77. The van der Waals surface area contributed by atoms with Gasteiger partial charge in [-0.3, -0.25) is 9.59 Å². The maximum absolute atomic E-state index is 12.6. The minimum atomic E-state index is -1.06. The smallest absolute Gasteiger partial charge is 0.309 e. The average Bonchev–Trinajstić information content (AvgIpc) is 3.09. The van der Waals surface area contributed by atoms with Crippen LogP contribution in [-0.2, 0) is 18.3 Å². The van der Waals surface area contributed by atoms with Gasteiger partial charge in [-0.1, -0.05) is 49.0 Å². The SMILES string of the molecule is C=Cc1c(-c2ccc3ccoc3c2Cl)c(CC(=O)O)n(C)c(=O)c1C=C. The van der Waals surface area contributed by atoms with E-state index in [-0.39, 0.29) is 12.0 Å². The quantitative estimate of drug-likeness (QED) is 0.725. The highest BCUT2D eigenvalue weighted by Crippen LogP contribution is 2.39. The summed E-state index contributed by atoms with van der Waals surface area (Å²) in [6.45, 7) is 7.49. The minimum absolute atomic E-state index is 0.329. The monoisotopic (exact) mass is 369 g/mol. The second-order valence-electron chi connectivity index (χ2n) is 5.76. The molecule has 132 valence electrons. The van der Waals surface area contributed by atoms with Crippen LogP contribution in [-0.4, -0.2) is 15.6 Å². The lowest BCUT2D eigenvalue weighted by Gasteiger charge is -2.19. The Labute approximate surface area is 154 Å². The van der Waals surface area contributed by atoms with Gasteiger partial charge < -0.3 is 14.1 Å². The van der Waals surface area contributed by atoms with Crippen LogP contribution >= 0.6 is 11.6 Å². The molecule has 3 rings (SSSR count). The van der Waals surface area contributed by atoms with E-state index in [1.807, 2.05) is 6.07 Å². The Morgan fingerprint density at radius 3 is 2.58 bits per heavy atom. The molecule has 0 atom stereocenters. The van der Waals surface area contributed by atoms with E-state index in [0.717, 1.165) is 5.39 Å². The van der Waals surface area contributed by atoms with Gasteiger partial charge in [0.1, 0.15) is 0 Å². The summed E-state index contributed by atoms with van der Waals surface area (Å²) in [5.41, 5.74) is 2.41. The second-order valence-corrected chi connectivity index (χ2v) is 6.14. The van der Waals surface area contributed by atoms with Crippen LogP contribution in [0, 0.1) is 0 Å². The predicted octanol–water partition coefficient (Wildman–Crippen LogP) is 4.37. The zero-order valence-electron chi connectivity index (χ0n) is 14.1. The van der Waals surface area contributed by atoms with Gasteiger partial charge in [0.05, 0.1) is 17.7 Å². The maximum atomic E-state index is 12.6. The molecule has 0 unspecified atom stereocenters. The maximum Gasteiger partial charge on any atom is 0.309 e. The lowest BCUT2D eigenvalue weighted by Crippen LogP contribution is -2.26. The predicted molar refractivity (Wildman–Crippen MR) is 103 cm³/mol. The molecule has 1 N–H and O–H groups in total. The van der Waals surface area contributed by atoms with Crippen LogP contribution in [0.2, 0.25) is 5.02 Å². The fourth-order valence-electron chi connectivity index (χ4n) is 3.13. The van der Waals surface area contributed by atoms with E-state index < -0.39 is 5.97 Å². The van der Waals surface area contributed by atoms with E-state index in [9.17, 15) is 14.7 Å². The Kier molecular flexibility index (Phi) is 4.57. The van der Waals surface area contributed by atoms with Crippen molar-refractivity contribution in [3.63, 3.8) is 0 Å². The van der Waals surface area contributed by atoms with Gasteiger partial charge in [0.15, 0.2) is 5.58 Å². The van der Waals surface area contributed by atoms with Crippen molar-refractivity contribution in [3.05, 3.63) is 69.8 Å². The van der Waals surface area contributed by atoms with E-state index in [2.05, 4.69) is 13.2 Å². The summed E-state index contributed by atoms with van der Waals surface area (Å²) in [4.78, 5) is 24.0. The molecule has 2 aromatic heterocycles. The first-order valence-corrected chi connectivity index (χ1v) is 8.17. The van der Waals surface area contributed by atoms with Gasteiger partial charge in [-0.25, -0.2) is 0 Å². The zero-order chi connectivity index (χ0) is 19.0. The average molecular weight is 370 g/mol. The molecule has 1 aromatic carbocycles. The molecule has 2 heterocycles. The van der Waals surface area contributed by atoms with Crippen LogP contribution in [0.4, 0.5) is 0 Å². The summed E-state index contributed by atoms with van der Waals surface area (Å²) in [5, 5.41) is 10.5. The van der Waals surface area contributed by atoms with E-state index in [4.69, 9.17) is 16.0 Å². The van der Waals surface area contributed by atoms with Crippen LogP contribution in [0.25, 0.3) is 34.2 Å². The number of pyridine rings is 1. The van der Waals surface area contributed by atoms with E-state index in [0.29, 0.717) is 38.6 Å². The number of benzene rings is 1. The molecule has 0 aliphatic heterocycles. The van der Waals surface area contributed by atoms with Crippen molar-refractivity contribution in [2.45, 2.75) is 6.42 Å². The fourth-order valence-corrected chi connectivity index (χ4v) is 3.44. The molecule has 0 saturated heterocycles. The number of fused-ring (bicyclic) bond motifs is 1. The Morgan fingerprint density at radius 1 is 1.27 bits per heavy atom. The number of carboxylic acids is 1. The lowest BCUT2D eigenvalue weighted by molar-refractivity contribution is -0.136. The standard InChI is InChI=1S/C20H16ClNO4/c1-4-12-13(5-2)20(25)22(3)15(10-16(23)24)17(12)14-7-6-11-8-9-26-19(11)18(14)21/h4-9H,1-2,10H2,3H3,(H,23,24). The summed E-state index contributed by atoms with van der Waals surface area (Å²) in [5.74, 6) is -1.06. The molecule has 3 aromatic rings. The Bertz CT molecular complexity index is 1120. The van der Waals surface area contributed by atoms with Crippen molar-refractivity contribution in [2.24, 2.45) is 7.05 Å². The van der Waals surface area contributed by atoms with Crippen molar-refractivity contribution in [1.82, 2.24) is 4.57 Å². The molecule has 0 aliphatic rings. The molecule has 0 fully saturated rings. The Morgan fingerprint density at radius 2 is 1.96 bits per heavy atom. The van der Waals surface area contributed by atoms with Crippen molar-refractivity contribution in [1.29, 1.82) is 0 Å². The Hall–Kier alpha value is -3.05. The molecule has 6 heteroatoms. The number of rotatable bonds is 5. The molecular weight excluding hydrogens is 354 g/mol. The van der Waals surface area contributed by atoms with Crippen molar-refractivity contribution >= 4 is 40.7 Å². The normalized spacial score (nSPS) is 10.8. The highest BCUT2D eigenvalue weighted by molar-refractivity contribution is 6.37. The number of furan rings is 1. The van der Waals surface area contributed by atoms with Gasteiger partial charge in [-0.15, -0.1) is 0 Å². The van der Waals surface area contributed by atoms with Crippen molar-refractivity contribution in [2.75, 3.05) is 0 Å². The number of hydrogen-bond acceptors (Lipinski definition) is 3. The van der Waals surface area contributed by atoms with E-state index >= 15 is 0 Å². The largest absolute Gasteiger partial charge is 0.481 e. The number of carboxylic acid groups (broad SMARTS) is 1. The summed E-state index contributed by atoms with van der Waals surface area (Å²) in [6.07, 6.45) is 4.14. The number of nitrogens with zero attached hydrogens (tertiary/aromatic N) is 1. The molecular formula is C20H16ClNO4. The van der Waals surface area contributed by atoms with Gasteiger partial charge in [0.25, 0.3) is 5.56 Å². The van der Waals surface area contributed by atoms with E-state index in [1.165, 1.54) is 30.0 Å². The van der Waals surface area contributed by atoms with Gasteiger partial charge in [0.2, 0.25) is 0 Å². The Balaban J connectivity index is 2.51. The topological polar surface area (TPSA) is 72.4 Å². The van der Waals surface area contributed by atoms with Crippen molar-refractivity contribution in [3.8, 4) is 11.1 Å². The minimum Gasteiger partial charge on any atom is -0.481 e. The summed E-state index contributed by atoms with van der Waals surface area (Å²) in [6, 6.07) is 5.40. The molecule has 0 saturated carbocycles. The second kappa shape index (κ2) is 6.69. The highest BCUT2D eigenvalue weighted by atomic mass is 35.5. The molecule has 5 nitrogen and oxygen atoms in total. The third-order valence-electron chi connectivity index (χ3n) is 4.35.